The van der Waals surface area contributed by atoms with Crippen molar-refractivity contribution in [3.8, 4) is 10.6 Å². The number of hydrogen-bond acceptors (Lipinski definition) is 9. The number of anilines is 1. The summed E-state index contributed by atoms with van der Waals surface area (Å²) in [6, 6.07) is 3.95. The molecule has 3 N–H and O–H groups in total. The van der Waals surface area contributed by atoms with E-state index in [-0.39, 0.29) is 36.2 Å². The molecular weight excluding hydrogens is 506 g/mol. The number of aryl methyl sites for hydroxylation is 1. The molecule has 2 aliphatic heterocycles. The van der Waals surface area contributed by atoms with Crippen LogP contribution in [0.1, 0.15) is 64.8 Å². The lowest BCUT2D eigenvalue weighted by molar-refractivity contribution is -0.119. The van der Waals surface area contributed by atoms with Crippen molar-refractivity contribution in [2.75, 3.05) is 38.2 Å². The number of nitrogens with one attached hydrogen (secondary N) is 1. The van der Waals surface area contributed by atoms with E-state index in [0.717, 1.165) is 30.5 Å². The summed E-state index contributed by atoms with van der Waals surface area (Å²) in [5.74, 6) is -0.959. The maximum absolute atomic E-state index is 13.3. The minimum atomic E-state index is -0.404. The van der Waals surface area contributed by atoms with Crippen LogP contribution in [0.25, 0.3) is 10.6 Å². The number of carbonyl (C=O) groups excluding carboxylic acids is 3. The van der Waals surface area contributed by atoms with E-state index in [1.807, 2.05) is 17.0 Å². The van der Waals surface area contributed by atoms with Gasteiger partial charge in [0.15, 0.2) is 11.5 Å². The van der Waals surface area contributed by atoms with Gasteiger partial charge in [-0.15, -0.1) is 11.3 Å². The Kier molecular flexibility index (Phi) is 8.20. The second kappa shape index (κ2) is 11.9. The molecule has 0 spiro atoms. The molecule has 3 aromatic heterocycles. The summed E-state index contributed by atoms with van der Waals surface area (Å²) in [4.78, 5) is 49.1. The lowest BCUT2D eigenvalue weighted by Crippen LogP contribution is -2.35. The van der Waals surface area contributed by atoms with Crippen molar-refractivity contribution in [3.63, 3.8) is 0 Å². The molecule has 12 heteroatoms. The maximum Gasteiger partial charge on any atom is 0.275 e. The number of pyridine rings is 1. The fraction of sp³-hybridized carbons (Fsp3) is 0.462. The highest BCUT2D eigenvalue weighted by Gasteiger charge is 2.25. The Bertz CT molecular complexity index is 1310. The van der Waals surface area contributed by atoms with Gasteiger partial charge in [-0.05, 0) is 57.3 Å². The van der Waals surface area contributed by atoms with Gasteiger partial charge in [0.2, 0.25) is 5.91 Å². The molecule has 11 nitrogen and oxygen atoms in total. The largest absolute Gasteiger partial charge is 0.381 e. The normalized spacial score (nSPS) is 18.3. The number of nitrogens with zero attached hydrogens (tertiary/aromatic N) is 5. The van der Waals surface area contributed by atoms with Crippen LogP contribution in [0.4, 0.5) is 5.69 Å². The zero-order valence-corrected chi connectivity index (χ0v) is 21.9. The fourth-order valence-electron chi connectivity index (χ4n) is 4.83. The van der Waals surface area contributed by atoms with Gasteiger partial charge in [-0.25, -0.2) is 4.98 Å². The standard InChI is InChI=1S/C26H31N7O4S/c27-23(35)15-32-9-1-3-18-13-17(5-8-28-18)26-30-21(16-38-26)25(36)29-20-14-33(19-6-11-37-12-7-19)31-24(20)22(34)4-2-10-32/h5,8,13-14,16,19H,1-4,6-7,9-12,15H2,(H2,27,35)(H,29,36). The first kappa shape index (κ1) is 26.1. The highest BCUT2D eigenvalue weighted by Crippen LogP contribution is 2.27. The van der Waals surface area contributed by atoms with Crippen LogP contribution in [-0.2, 0) is 16.0 Å². The van der Waals surface area contributed by atoms with Crippen LogP contribution in [0.5, 0.6) is 0 Å². The maximum atomic E-state index is 13.3. The van der Waals surface area contributed by atoms with E-state index in [2.05, 4.69) is 20.4 Å². The van der Waals surface area contributed by atoms with Crippen molar-refractivity contribution < 1.29 is 19.1 Å². The van der Waals surface area contributed by atoms with Gasteiger partial charge in [-0.1, -0.05) is 0 Å². The Morgan fingerprint density at radius 3 is 2.76 bits per heavy atom. The first-order valence-electron chi connectivity index (χ1n) is 12.9. The van der Waals surface area contributed by atoms with E-state index in [4.69, 9.17) is 10.5 Å². The van der Waals surface area contributed by atoms with Crippen molar-refractivity contribution in [3.05, 3.63) is 47.0 Å². The zero-order chi connectivity index (χ0) is 26.5. The minimum Gasteiger partial charge on any atom is -0.381 e. The van der Waals surface area contributed by atoms with Crippen LogP contribution in [0.15, 0.2) is 29.9 Å². The molecule has 0 aromatic carbocycles. The van der Waals surface area contributed by atoms with Gasteiger partial charge >= 0.3 is 0 Å². The topological polar surface area (TPSA) is 145 Å². The van der Waals surface area contributed by atoms with E-state index in [1.54, 1.807) is 22.5 Å². The average molecular weight is 538 g/mol. The molecule has 0 aliphatic carbocycles. The molecule has 5 heterocycles. The molecule has 38 heavy (non-hydrogen) atoms. The minimum absolute atomic E-state index is 0.0976. The Hall–Kier alpha value is -3.48. The van der Waals surface area contributed by atoms with Crippen molar-refractivity contribution >= 4 is 34.6 Å². The summed E-state index contributed by atoms with van der Waals surface area (Å²) in [6.07, 6.45) is 7.31. The molecule has 5 rings (SSSR count). The number of aromatic nitrogens is 4. The lowest BCUT2D eigenvalue weighted by atomic mass is 10.1. The molecule has 0 unspecified atom stereocenters. The monoisotopic (exact) mass is 537 g/mol. The van der Waals surface area contributed by atoms with E-state index in [9.17, 15) is 14.4 Å². The van der Waals surface area contributed by atoms with Gasteiger partial charge < -0.3 is 15.8 Å². The van der Waals surface area contributed by atoms with Crippen molar-refractivity contribution in [1.29, 1.82) is 0 Å². The molecule has 4 bridgehead atoms. The summed E-state index contributed by atoms with van der Waals surface area (Å²) < 4.78 is 7.24. The predicted molar refractivity (Wildman–Crippen MR) is 142 cm³/mol. The summed E-state index contributed by atoms with van der Waals surface area (Å²) in [6.45, 7) is 2.59. The number of thiazole rings is 1. The van der Waals surface area contributed by atoms with E-state index < -0.39 is 11.8 Å². The number of Topliss-reactive ketones (excluding diaryl/α,β-unsaturated/α-hetero) is 1. The van der Waals surface area contributed by atoms with Crippen LogP contribution < -0.4 is 11.1 Å². The molecular formula is C26H31N7O4S. The van der Waals surface area contributed by atoms with Gasteiger partial charge in [0.1, 0.15) is 10.7 Å². The molecule has 0 atom stereocenters. The van der Waals surface area contributed by atoms with Crippen molar-refractivity contribution in [1.82, 2.24) is 24.6 Å². The quantitative estimate of drug-likeness (QED) is 0.519. The third kappa shape index (κ3) is 6.32. The van der Waals surface area contributed by atoms with Crippen LogP contribution >= 0.6 is 11.3 Å². The highest BCUT2D eigenvalue weighted by molar-refractivity contribution is 7.13. The van der Waals surface area contributed by atoms with Crippen molar-refractivity contribution in [2.24, 2.45) is 5.73 Å². The summed E-state index contributed by atoms with van der Waals surface area (Å²) >= 11 is 1.38. The van der Waals surface area contributed by atoms with E-state index in [0.29, 0.717) is 49.8 Å². The van der Waals surface area contributed by atoms with E-state index in [1.165, 1.54) is 11.3 Å². The zero-order valence-electron chi connectivity index (χ0n) is 21.1. The van der Waals surface area contributed by atoms with Gasteiger partial charge in [0.25, 0.3) is 5.91 Å². The number of primary amides is 1. The SMILES string of the molecule is NC(=O)CN1CCCC(=O)c2nn(C3CCOCC3)cc2NC(=O)c2csc(n2)-c2ccnc(c2)CCC1. The molecule has 0 radical (unpaired) electrons. The summed E-state index contributed by atoms with van der Waals surface area (Å²) in [5.41, 5.74) is 8.16. The van der Waals surface area contributed by atoms with E-state index >= 15 is 0 Å². The molecule has 200 valence electrons. The Morgan fingerprint density at radius 2 is 1.97 bits per heavy atom. The Balaban J connectivity index is 1.45. The number of rotatable bonds is 3. The lowest BCUT2D eigenvalue weighted by Gasteiger charge is -2.22. The molecule has 2 aliphatic rings. The second-order valence-corrected chi connectivity index (χ2v) is 10.5. The third-order valence-corrected chi connectivity index (χ3v) is 7.67. The number of ketones is 1. The summed E-state index contributed by atoms with van der Waals surface area (Å²) in [5, 5.41) is 9.91. The predicted octanol–water partition coefficient (Wildman–Crippen LogP) is 2.70. The summed E-state index contributed by atoms with van der Waals surface area (Å²) in [7, 11) is 0. The van der Waals surface area contributed by atoms with Crippen LogP contribution in [-0.4, -0.2) is 75.1 Å². The highest BCUT2D eigenvalue weighted by atomic mass is 32.1. The van der Waals surface area contributed by atoms with Crippen LogP contribution in [0, 0.1) is 0 Å². The van der Waals surface area contributed by atoms with Gasteiger partial charge in [0.05, 0.1) is 18.3 Å². The number of nitrogens with two attached hydrogens (primary N) is 1. The fourth-order valence-corrected chi connectivity index (χ4v) is 5.62. The smallest absolute Gasteiger partial charge is 0.275 e. The molecule has 2 amide bonds. The van der Waals surface area contributed by atoms with Gasteiger partial charge in [-0.2, -0.15) is 5.10 Å². The number of ether oxygens (including phenoxy) is 1. The Morgan fingerprint density at radius 1 is 1.18 bits per heavy atom. The second-order valence-electron chi connectivity index (χ2n) is 9.62. The average Bonchev–Trinajstić information content (AvgIpc) is 3.57. The first-order chi connectivity index (χ1) is 18.5. The van der Waals surface area contributed by atoms with Gasteiger partial charge in [0, 0.05) is 48.7 Å². The first-order valence-corrected chi connectivity index (χ1v) is 13.8. The van der Waals surface area contributed by atoms with Crippen LogP contribution in [0.2, 0.25) is 0 Å². The molecule has 1 saturated heterocycles. The molecule has 0 saturated carbocycles. The number of amides is 2. The number of hydrogen-bond donors (Lipinski definition) is 2. The molecule has 1 fully saturated rings. The number of fused-ring (bicyclic) bond motifs is 6. The third-order valence-electron chi connectivity index (χ3n) is 6.77. The van der Waals surface area contributed by atoms with Gasteiger partial charge in [-0.3, -0.25) is 28.9 Å². The Labute approximate surface area is 224 Å². The van der Waals surface area contributed by atoms with Crippen molar-refractivity contribution in [2.45, 2.75) is 44.6 Å². The van der Waals surface area contributed by atoms with Crippen LogP contribution in [0.3, 0.4) is 0 Å². The number of carbonyl (C=O) groups is 3. The molecule has 3 aromatic rings.